The van der Waals surface area contributed by atoms with Crippen LogP contribution in [0.15, 0.2) is 182 Å². The van der Waals surface area contributed by atoms with Crippen LogP contribution in [-0.4, -0.2) is 112 Å². The Hall–Kier alpha value is -6.67. The molecule has 8 rings (SSSR count). The number of carbonyl (C=O) groups is 3. The molecule has 2 aliphatic rings. The largest absolute Gasteiger partial charge is 0.463 e. The molecule has 0 N–H and O–H groups in total. The quantitative estimate of drug-likeness (QED) is 0.0200. The topological polar surface area (TPSA) is 171 Å². The summed E-state index contributed by atoms with van der Waals surface area (Å²) < 4.78 is 91.4. The van der Waals surface area contributed by atoms with Crippen LogP contribution in [0.5, 0.6) is 0 Å². The SMILES string of the molecule is CC(C)CCCCCCCCCCC(=O)OC[C@H](CO[C@H]1O[C@H](COC(=O)CCCCCCCCCCC(C)C)[C@@H](OCc2ccccc2)[C@H](OCc2ccccc2)[C@H]1O[C@H]1O[C@H](COCc2ccccc2)[C@@H](OCc2ccccc2)[C@H](OCc2ccccc2)[C@H]1OCc1ccccc1)OC(=O)CCCCCCCCCCC(C)C. The van der Waals surface area contributed by atoms with Crippen molar-refractivity contribution in [1.82, 2.24) is 0 Å². The Morgan fingerprint density at radius 2 is 0.583 bits per heavy atom. The van der Waals surface area contributed by atoms with E-state index in [0.29, 0.717) is 25.2 Å². The van der Waals surface area contributed by atoms with E-state index < -0.39 is 73.5 Å². The number of ether oxygens (including phenoxy) is 13. The molecule has 115 heavy (non-hydrogen) atoms. The summed E-state index contributed by atoms with van der Waals surface area (Å²) in [7, 11) is 0. The fraction of sp³-hybridized carbons (Fsp3) is 0.606. The number of carbonyl (C=O) groups excluding carboxylic acids is 3. The van der Waals surface area contributed by atoms with Crippen LogP contribution in [0.4, 0.5) is 0 Å². The molecule has 16 heteroatoms. The lowest BCUT2D eigenvalue weighted by molar-refractivity contribution is -0.384. The average Bonchev–Trinajstić information content (AvgIpc) is 0.767. The molecule has 634 valence electrons. The number of benzene rings is 6. The lowest BCUT2D eigenvalue weighted by Crippen LogP contribution is -2.66. The van der Waals surface area contributed by atoms with Gasteiger partial charge in [-0.2, -0.15) is 0 Å². The molecule has 0 saturated carbocycles. The van der Waals surface area contributed by atoms with Crippen LogP contribution in [0.25, 0.3) is 0 Å². The van der Waals surface area contributed by atoms with E-state index in [9.17, 15) is 14.4 Å². The minimum absolute atomic E-state index is 0.0394. The molecule has 2 aliphatic heterocycles. The normalized spacial score (nSPS) is 19.9. The van der Waals surface area contributed by atoms with Crippen molar-refractivity contribution in [3.05, 3.63) is 215 Å². The van der Waals surface area contributed by atoms with Gasteiger partial charge in [-0.3, -0.25) is 14.4 Å². The van der Waals surface area contributed by atoms with Crippen LogP contribution in [0.2, 0.25) is 0 Å². The van der Waals surface area contributed by atoms with E-state index in [1.807, 2.05) is 182 Å². The zero-order chi connectivity index (χ0) is 81.0. The molecule has 16 nitrogen and oxygen atoms in total. The van der Waals surface area contributed by atoms with Crippen LogP contribution >= 0.6 is 0 Å². The Morgan fingerprint density at radius 1 is 0.287 bits per heavy atom. The summed E-state index contributed by atoms with van der Waals surface area (Å²) in [6, 6.07) is 59.6. The zero-order valence-electron chi connectivity index (χ0n) is 70.7. The van der Waals surface area contributed by atoms with Crippen molar-refractivity contribution in [3.63, 3.8) is 0 Å². The Kier molecular flexibility index (Phi) is 46.9. The predicted octanol–water partition coefficient (Wildman–Crippen LogP) is 22.7. The molecule has 0 bridgehead atoms. The number of esters is 3. The minimum atomic E-state index is -1.41. The monoisotopic (exact) mass is 1590 g/mol. The van der Waals surface area contributed by atoms with Crippen molar-refractivity contribution in [1.29, 1.82) is 0 Å². The number of hydrogen-bond donors (Lipinski definition) is 0. The molecule has 0 aliphatic carbocycles. The molecule has 2 saturated heterocycles. The van der Waals surface area contributed by atoms with Crippen LogP contribution in [0, 0.1) is 17.8 Å². The molecular formula is C99H142O16. The lowest BCUT2D eigenvalue weighted by Gasteiger charge is -2.50. The van der Waals surface area contributed by atoms with E-state index in [1.54, 1.807) is 0 Å². The van der Waals surface area contributed by atoms with Crippen molar-refractivity contribution < 1.29 is 76.0 Å². The van der Waals surface area contributed by atoms with Gasteiger partial charge in [0.2, 0.25) is 0 Å². The maximum absolute atomic E-state index is 14.3. The van der Waals surface area contributed by atoms with Gasteiger partial charge in [-0.05, 0) is 70.4 Å². The van der Waals surface area contributed by atoms with E-state index in [4.69, 9.17) is 61.6 Å². The summed E-state index contributed by atoms with van der Waals surface area (Å²) >= 11 is 0. The molecule has 0 spiro atoms. The first-order valence-electron chi connectivity index (χ1n) is 44.3. The zero-order valence-corrected chi connectivity index (χ0v) is 70.7. The van der Waals surface area contributed by atoms with Crippen LogP contribution in [0.1, 0.15) is 268 Å². The van der Waals surface area contributed by atoms with Crippen molar-refractivity contribution in [3.8, 4) is 0 Å². The Morgan fingerprint density at radius 3 is 0.957 bits per heavy atom. The summed E-state index contributed by atoms with van der Waals surface area (Å²) in [4.78, 5) is 42.4. The van der Waals surface area contributed by atoms with Gasteiger partial charge in [-0.15, -0.1) is 0 Å². The second-order valence-electron chi connectivity index (χ2n) is 33.1. The maximum Gasteiger partial charge on any atom is 0.306 e. The van der Waals surface area contributed by atoms with Gasteiger partial charge < -0.3 is 61.6 Å². The van der Waals surface area contributed by atoms with E-state index >= 15 is 0 Å². The molecule has 2 fully saturated rings. The second kappa shape index (κ2) is 57.5. The standard InChI is InChI=1S/C99H142O16/c1-77(2)49-31-19-13-7-10-16-22-46-64-89(100)104-73-86(112-91(102)66-48-24-18-12-9-15-21-33-51-79(5)6)74-111-98-97(95(109-71-84-60-42-29-43-61-84)93(107-69-82-56-38-27-39-57-82)88(113-98)76-105-90(101)65-47-23-17-11-8-14-20-32-50-78(3)4)115-99-96(110-72-85-62-44-30-45-63-85)94(108-70-83-58-40-28-41-59-83)92(106-68-81-54-36-26-37-55-81)87(114-99)75-103-67-80-52-34-25-35-53-80/h25-30,34-45,52-63,77-79,86-88,92-99H,7-24,31-33,46-51,64-76H2,1-6H3/t86-,87-,88-,92-,93-,94+,95+,96-,97-,98+,99-/m1/s1. The first-order chi connectivity index (χ1) is 56.3. The van der Waals surface area contributed by atoms with Crippen molar-refractivity contribution in [2.24, 2.45) is 17.8 Å². The van der Waals surface area contributed by atoms with Gasteiger partial charge in [-0.1, -0.05) is 378 Å². The van der Waals surface area contributed by atoms with Gasteiger partial charge in [0, 0.05) is 19.3 Å². The summed E-state index contributed by atoms with van der Waals surface area (Å²) in [6.45, 7) is 13.9. The molecule has 6 aromatic rings. The number of unbranched alkanes of at least 4 members (excludes halogenated alkanes) is 21. The summed E-state index contributed by atoms with van der Waals surface area (Å²) in [5.74, 6) is 0.985. The van der Waals surface area contributed by atoms with E-state index in [-0.39, 0.29) is 97.3 Å². The Labute approximate surface area is 691 Å². The Balaban J connectivity index is 1.16. The second-order valence-corrected chi connectivity index (χ2v) is 33.1. The summed E-state index contributed by atoms with van der Waals surface area (Å²) in [5.41, 5.74) is 5.47. The third-order valence-electron chi connectivity index (χ3n) is 21.6. The summed E-state index contributed by atoms with van der Waals surface area (Å²) in [5, 5.41) is 0. The van der Waals surface area contributed by atoms with Crippen molar-refractivity contribution >= 4 is 17.9 Å². The fourth-order valence-corrected chi connectivity index (χ4v) is 14.9. The van der Waals surface area contributed by atoms with Gasteiger partial charge in [0.1, 0.15) is 62.0 Å². The van der Waals surface area contributed by atoms with Gasteiger partial charge >= 0.3 is 17.9 Å². The highest BCUT2D eigenvalue weighted by Gasteiger charge is 2.55. The predicted molar refractivity (Wildman–Crippen MR) is 454 cm³/mol. The molecule has 2 heterocycles. The van der Waals surface area contributed by atoms with Gasteiger partial charge in [0.05, 0.1) is 52.9 Å². The van der Waals surface area contributed by atoms with Crippen molar-refractivity contribution in [2.45, 2.75) is 341 Å². The lowest BCUT2D eigenvalue weighted by atomic mass is 9.96. The highest BCUT2D eigenvalue weighted by Crippen LogP contribution is 2.38. The van der Waals surface area contributed by atoms with Gasteiger partial charge in [0.15, 0.2) is 18.7 Å². The van der Waals surface area contributed by atoms with Crippen LogP contribution in [0.3, 0.4) is 0 Å². The molecule has 6 aromatic carbocycles. The molecule has 0 unspecified atom stereocenters. The average molecular weight is 1590 g/mol. The van der Waals surface area contributed by atoms with Crippen LogP contribution < -0.4 is 0 Å². The number of hydrogen-bond acceptors (Lipinski definition) is 16. The maximum atomic E-state index is 14.3. The smallest absolute Gasteiger partial charge is 0.306 e. The third kappa shape index (κ3) is 39.2. The molecular weight excluding hydrogens is 1450 g/mol. The van der Waals surface area contributed by atoms with E-state index in [0.717, 1.165) is 103 Å². The minimum Gasteiger partial charge on any atom is -0.463 e. The molecule has 0 radical (unpaired) electrons. The van der Waals surface area contributed by atoms with E-state index in [1.165, 1.54) is 96.3 Å². The highest BCUT2D eigenvalue weighted by molar-refractivity contribution is 5.70. The Bertz CT molecular complexity index is 3400. The summed E-state index contributed by atoms with van der Waals surface area (Å²) in [6.07, 6.45) is 18.4. The number of rotatable bonds is 62. The van der Waals surface area contributed by atoms with Gasteiger partial charge in [0.25, 0.3) is 0 Å². The molecule has 0 amide bonds. The van der Waals surface area contributed by atoms with Crippen molar-refractivity contribution in [2.75, 3.05) is 26.4 Å². The first-order valence-corrected chi connectivity index (χ1v) is 44.3. The highest BCUT2D eigenvalue weighted by atomic mass is 16.8. The van der Waals surface area contributed by atoms with Crippen LogP contribution in [-0.2, 0) is 116 Å². The first kappa shape index (κ1) is 93.8. The molecule has 0 aromatic heterocycles. The van der Waals surface area contributed by atoms with E-state index in [2.05, 4.69) is 41.5 Å². The third-order valence-corrected chi connectivity index (χ3v) is 21.6. The van der Waals surface area contributed by atoms with Gasteiger partial charge in [-0.25, -0.2) is 0 Å². The molecule has 11 atom stereocenters. The fourth-order valence-electron chi connectivity index (χ4n) is 14.9.